The summed E-state index contributed by atoms with van der Waals surface area (Å²) in [6, 6.07) is 8.58. The Morgan fingerprint density at radius 2 is 2.30 bits per heavy atom. The number of methoxy groups -OCH3 is 1. The predicted octanol–water partition coefficient (Wildman–Crippen LogP) is 0.749. The number of benzene rings is 1. The minimum atomic E-state index is 0.535. The molecule has 3 rings (SSSR count). The second-order valence-electron chi connectivity index (χ2n) is 5.05. The Hall–Kier alpha value is -1.79. The molecular weight excluding hydrogens is 254 g/mol. The van der Waals surface area contributed by atoms with Gasteiger partial charge in [-0.3, -0.25) is 0 Å². The van der Waals surface area contributed by atoms with Gasteiger partial charge in [0.25, 0.3) is 0 Å². The number of nitrogens with zero attached hydrogens (tertiary/aromatic N) is 4. The fourth-order valence-electron chi connectivity index (χ4n) is 2.60. The fraction of sp³-hybridized carbons (Fsp3) is 0.500. The van der Waals surface area contributed by atoms with E-state index >= 15 is 0 Å². The standard InChI is InChI=1S/C14H19N5O/c1-20-7-6-15-9-14-16-17-18-19(14)10-12-8-11-4-2-3-5-13(11)12/h2-5,12,15H,6-10H2,1H3. The summed E-state index contributed by atoms with van der Waals surface area (Å²) in [5.74, 6) is 1.41. The maximum absolute atomic E-state index is 5.00. The van der Waals surface area contributed by atoms with Gasteiger partial charge in [-0.15, -0.1) is 5.10 Å². The number of nitrogens with one attached hydrogen (secondary N) is 1. The van der Waals surface area contributed by atoms with E-state index in [1.807, 2.05) is 4.68 Å². The Bertz CT molecular complexity index is 568. The highest BCUT2D eigenvalue weighted by Crippen LogP contribution is 2.35. The molecule has 20 heavy (non-hydrogen) atoms. The highest BCUT2D eigenvalue weighted by atomic mass is 16.5. The molecule has 1 aromatic carbocycles. The average Bonchev–Trinajstić information content (AvgIpc) is 2.88. The van der Waals surface area contributed by atoms with Crippen LogP contribution in [0.25, 0.3) is 0 Å². The van der Waals surface area contributed by atoms with Crippen molar-refractivity contribution in [2.24, 2.45) is 0 Å². The van der Waals surface area contributed by atoms with Crippen molar-refractivity contribution in [1.29, 1.82) is 0 Å². The zero-order valence-electron chi connectivity index (χ0n) is 11.6. The van der Waals surface area contributed by atoms with Gasteiger partial charge in [0.15, 0.2) is 5.82 Å². The van der Waals surface area contributed by atoms with Gasteiger partial charge < -0.3 is 10.1 Å². The quantitative estimate of drug-likeness (QED) is 0.754. The molecule has 6 nitrogen and oxygen atoms in total. The van der Waals surface area contributed by atoms with Crippen molar-refractivity contribution in [3.05, 3.63) is 41.2 Å². The first-order valence-electron chi connectivity index (χ1n) is 6.91. The summed E-state index contributed by atoms with van der Waals surface area (Å²) in [5, 5.41) is 15.2. The molecule has 1 aliphatic carbocycles. The van der Waals surface area contributed by atoms with Gasteiger partial charge in [0.05, 0.1) is 19.7 Å². The molecule has 0 radical (unpaired) electrons. The molecule has 1 atom stereocenters. The SMILES string of the molecule is COCCNCc1nnnn1CC1Cc2ccccc21. The molecule has 1 aromatic heterocycles. The van der Waals surface area contributed by atoms with E-state index in [-0.39, 0.29) is 0 Å². The van der Waals surface area contributed by atoms with E-state index < -0.39 is 0 Å². The average molecular weight is 273 g/mol. The van der Waals surface area contributed by atoms with Gasteiger partial charge >= 0.3 is 0 Å². The van der Waals surface area contributed by atoms with Crippen molar-refractivity contribution >= 4 is 0 Å². The molecule has 6 heteroatoms. The first-order chi connectivity index (χ1) is 9.88. The zero-order valence-corrected chi connectivity index (χ0v) is 11.6. The van der Waals surface area contributed by atoms with Crippen LogP contribution in [0.2, 0.25) is 0 Å². The van der Waals surface area contributed by atoms with Gasteiger partial charge in [-0.25, -0.2) is 4.68 Å². The molecule has 0 bridgehead atoms. The van der Waals surface area contributed by atoms with Crippen LogP contribution in [0.5, 0.6) is 0 Å². The van der Waals surface area contributed by atoms with E-state index in [9.17, 15) is 0 Å². The van der Waals surface area contributed by atoms with Crippen molar-refractivity contribution in [1.82, 2.24) is 25.5 Å². The summed E-state index contributed by atoms with van der Waals surface area (Å²) in [7, 11) is 1.69. The molecule has 0 aliphatic heterocycles. The third-order valence-electron chi connectivity index (χ3n) is 3.73. The first kappa shape index (κ1) is 13.2. The fourth-order valence-corrected chi connectivity index (χ4v) is 2.60. The first-order valence-corrected chi connectivity index (χ1v) is 6.91. The maximum atomic E-state index is 5.00. The highest BCUT2D eigenvalue weighted by Gasteiger charge is 2.26. The molecule has 0 amide bonds. The Labute approximate surface area is 118 Å². The topological polar surface area (TPSA) is 64.9 Å². The third-order valence-corrected chi connectivity index (χ3v) is 3.73. The van der Waals surface area contributed by atoms with Crippen LogP contribution < -0.4 is 5.32 Å². The number of aromatic nitrogens is 4. The summed E-state index contributed by atoms with van der Waals surface area (Å²) in [4.78, 5) is 0. The van der Waals surface area contributed by atoms with Crippen molar-refractivity contribution in [3.63, 3.8) is 0 Å². The van der Waals surface area contributed by atoms with Crippen molar-refractivity contribution in [3.8, 4) is 0 Å². The molecule has 0 saturated heterocycles. The van der Waals surface area contributed by atoms with E-state index in [0.717, 1.165) is 25.3 Å². The van der Waals surface area contributed by atoms with Crippen LogP contribution in [0.15, 0.2) is 24.3 Å². The second kappa shape index (κ2) is 6.11. The molecule has 0 saturated carbocycles. The summed E-state index contributed by atoms with van der Waals surface area (Å²) in [5.41, 5.74) is 2.88. The Morgan fingerprint density at radius 1 is 1.40 bits per heavy atom. The number of hydrogen-bond acceptors (Lipinski definition) is 5. The van der Waals surface area contributed by atoms with E-state index in [4.69, 9.17) is 4.74 Å². The maximum Gasteiger partial charge on any atom is 0.165 e. The zero-order chi connectivity index (χ0) is 13.8. The lowest BCUT2D eigenvalue weighted by atomic mass is 9.78. The molecular formula is C14H19N5O. The van der Waals surface area contributed by atoms with Crippen molar-refractivity contribution < 1.29 is 4.74 Å². The van der Waals surface area contributed by atoms with Gasteiger partial charge in [0, 0.05) is 19.6 Å². The van der Waals surface area contributed by atoms with E-state index in [1.54, 1.807) is 7.11 Å². The monoisotopic (exact) mass is 273 g/mol. The van der Waals surface area contributed by atoms with Crippen LogP contribution in [0, 0.1) is 0 Å². The number of tetrazole rings is 1. The highest BCUT2D eigenvalue weighted by molar-refractivity contribution is 5.39. The van der Waals surface area contributed by atoms with Gasteiger partial charge in [-0.05, 0) is 28.0 Å². The molecule has 1 unspecified atom stereocenters. The van der Waals surface area contributed by atoms with E-state index in [1.165, 1.54) is 11.1 Å². The molecule has 1 N–H and O–H groups in total. The largest absolute Gasteiger partial charge is 0.383 e. The number of hydrogen-bond donors (Lipinski definition) is 1. The van der Waals surface area contributed by atoms with Crippen LogP contribution in [-0.4, -0.2) is 40.5 Å². The van der Waals surface area contributed by atoms with E-state index in [0.29, 0.717) is 19.1 Å². The van der Waals surface area contributed by atoms with Gasteiger partial charge in [0.1, 0.15) is 0 Å². The second-order valence-corrected chi connectivity index (χ2v) is 5.05. The molecule has 0 fully saturated rings. The molecule has 0 spiro atoms. The van der Waals surface area contributed by atoms with Gasteiger partial charge in [-0.2, -0.15) is 0 Å². The van der Waals surface area contributed by atoms with Gasteiger partial charge in [-0.1, -0.05) is 24.3 Å². The van der Waals surface area contributed by atoms with Crippen LogP contribution in [0.3, 0.4) is 0 Å². The van der Waals surface area contributed by atoms with Crippen molar-refractivity contribution in [2.75, 3.05) is 20.3 Å². The lowest BCUT2D eigenvalue weighted by Gasteiger charge is -2.29. The normalized spacial score (nSPS) is 16.8. The summed E-state index contributed by atoms with van der Waals surface area (Å²) < 4.78 is 6.90. The van der Waals surface area contributed by atoms with Crippen LogP contribution in [-0.2, 0) is 24.2 Å². The van der Waals surface area contributed by atoms with E-state index in [2.05, 4.69) is 45.1 Å². The molecule has 2 aromatic rings. The van der Waals surface area contributed by atoms with Crippen LogP contribution in [0.1, 0.15) is 22.9 Å². The summed E-state index contributed by atoms with van der Waals surface area (Å²) in [6.07, 6.45) is 1.12. The molecule has 1 aliphatic rings. The minimum Gasteiger partial charge on any atom is -0.383 e. The molecule has 106 valence electrons. The van der Waals surface area contributed by atoms with Crippen LogP contribution >= 0.6 is 0 Å². The minimum absolute atomic E-state index is 0.535. The predicted molar refractivity (Wildman–Crippen MR) is 74.3 cm³/mol. The van der Waals surface area contributed by atoms with Gasteiger partial charge in [0.2, 0.25) is 0 Å². The molecule has 1 heterocycles. The number of fused-ring (bicyclic) bond motifs is 1. The summed E-state index contributed by atoms with van der Waals surface area (Å²) in [6.45, 7) is 3.02. The Kier molecular flexibility index (Phi) is 4.03. The smallest absolute Gasteiger partial charge is 0.165 e. The summed E-state index contributed by atoms with van der Waals surface area (Å²) >= 11 is 0. The number of ether oxygens (including phenoxy) is 1. The van der Waals surface area contributed by atoms with Crippen molar-refractivity contribution in [2.45, 2.75) is 25.4 Å². The number of rotatable bonds is 7. The Morgan fingerprint density at radius 3 is 3.15 bits per heavy atom. The lowest BCUT2D eigenvalue weighted by Crippen LogP contribution is -2.26. The lowest BCUT2D eigenvalue weighted by molar-refractivity contribution is 0.198. The van der Waals surface area contributed by atoms with Crippen LogP contribution in [0.4, 0.5) is 0 Å². The third kappa shape index (κ3) is 2.71. The Balaban J connectivity index is 1.58.